The second-order valence-corrected chi connectivity index (χ2v) is 5.08. The number of para-hydroxylation sites is 2. The van der Waals surface area contributed by atoms with Gasteiger partial charge in [0.15, 0.2) is 6.10 Å². The molecule has 0 fully saturated rings. The minimum absolute atomic E-state index is 0.253. The van der Waals surface area contributed by atoms with Crippen molar-refractivity contribution in [2.45, 2.75) is 13.0 Å². The van der Waals surface area contributed by atoms with Crippen LogP contribution in [-0.2, 0) is 4.79 Å². The first-order chi connectivity index (χ1) is 11.1. The molecule has 0 radical (unpaired) electrons. The summed E-state index contributed by atoms with van der Waals surface area (Å²) in [5.74, 6) is 0.416. The highest BCUT2D eigenvalue weighted by atomic mass is 16.5. The molecular formula is C17H16N2O4. The number of ether oxygens (including phenoxy) is 2. The normalized spacial score (nSPS) is 15.9. The van der Waals surface area contributed by atoms with Gasteiger partial charge < -0.3 is 20.1 Å². The topological polar surface area (TPSA) is 76.7 Å². The number of fused-ring (bicyclic) bond motifs is 1. The van der Waals surface area contributed by atoms with Gasteiger partial charge in [-0.15, -0.1) is 0 Å². The summed E-state index contributed by atoms with van der Waals surface area (Å²) in [5.41, 5.74) is 1.33. The minimum atomic E-state index is -0.567. The highest BCUT2D eigenvalue weighted by Crippen LogP contribution is 2.36. The first-order valence-corrected chi connectivity index (χ1v) is 7.15. The summed E-state index contributed by atoms with van der Waals surface area (Å²) in [6.07, 6.45) is -0.567. The zero-order valence-electron chi connectivity index (χ0n) is 12.8. The molecule has 0 aliphatic carbocycles. The van der Waals surface area contributed by atoms with Crippen LogP contribution >= 0.6 is 0 Å². The Morgan fingerprint density at radius 2 is 2.00 bits per heavy atom. The third-order valence-electron chi connectivity index (χ3n) is 3.55. The summed E-state index contributed by atoms with van der Waals surface area (Å²) in [5, 5.41) is 5.54. The lowest BCUT2D eigenvalue weighted by Crippen LogP contribution is -2.34. The van der Waals surface area contributed by atoms with Crippen LogP contribution in [0.3, 0.4) is 0 Å². The highest BCUT2D eigenvalue weighted by molar-refractivity contribution is 6.10. The molecule has 0 bridgehead atoms. The zero-order chi connectivity index (χ0) is 16.4. The lowest BCUT2D eigenvalue weighted by Gasteiger charge is -2.25. The molecule has 3 rings (SSSR count). The number of methoxy groups -OCH3 is 1. The predicted octanol–water partition coefficient (Wildman–Crippen LogP) is 2.67. The number of hydrogen-bond acceptors (Lipinski definition) is 4. The van der Waals surface area contributed by atoms with Crippen LogP contribution < -0.4 is 20.1 Å². The predicted molar refractivity (Wildman–Crippen MR) is 86.1 cm³/mol. The van der Waals surface area contributed by atoms with Crippen molar-refractivity contribution in [1.82, 2.24) is 0 Å². The number of amides is 2. The zero-order valence-corrected chi connectivity index (χ0v) is 12.8. The SMILES string of the molecule is COc1ccccc1C(=O)Nc1cccc2c1NC(=O)C(C)O2. The Kier molecular flexibility index (Phi) is 3.89. The molecular weight excluding hydrogens is 296 g/mol. The van der Waals surface area contributed by atoms with Crippen LogP contribution in [0.4, 0.5) is 11.4 Å². The van der Waals surface area contributed by atoms with E-state index in [9.17, 15) is 9.59 Å². The number of benzene rings is 2. The van der Waals surface area contributed by atoms with E-state index in [4.69, 9.17) is 9.47 Å². The van der Waals surface area contributed by atoms with Gasteiger partial charge in [-0.2, -0.15) is 0 Å². The summed E-state index contributed by atoms with van der Waals surface area (Å²) < 4.78 is 10.7. The number of nitrogens with one attached hydrogen (secondary N) is 2. The van der Waals surface area contributed by atoms with Gasteiger partial charge in [0.1, 0.15) is 17.2 Å². The maximum absolute atomic E-state index is 12.5. The number of carbonyl (C=O) groups is 2. The number of rotatable bonds is 3. The van der Waals surface area contributed by atoms with Crippen LogP contribution in [0.1, 0.15) is 17.3 Å². The Hall–Kier alpha value is -3.02. The monoisotopic (exact) mass is 312 g/mol. The van der Waals surface area contributed by atoms with Crippen molar-refractivity contribution in [3.05, 3.63) is 48.0 Å². The van der Waals surface area contributed by atoms with Crippen molar-refractivity contribution < 1.29 is 19.1 Å². The number of carbonyl (C=O) groups excluding carboxylic acids is 2. The lowest BCUT2D eigenvalue weighted by molar-refractivity contribution is -0.122. The number of hydrogen-bond donors (Lipinski definition) is 2. The Balaban J connectivity index is 1.91. The second-order valence-electron chi connectivity index (χ2n) is 5.08. The molecule has 6 nitrogen and oxygen atoms in total. The van der Waals surface area contributed by atoms with Crippen molar-refractivity contribution in [2.75, 3.05) is 17.7 Å². The van der Waals surface area contributed by atoms with Gasteiger partial charge in [0.05, 0.1) is 18.4 Å². The van der Waals surface area contributed by atoms with Gasteiger partial charge in [-0.1, -0.05) is 18.2 Å². The average Bonchev–Trinajstić information content (AvgIpc) is 2.56. The van der Waals surface area contributed by atoms with E-state index in [1.54, 1.807) is 49.4 Å². The standard InChI is InChI=1S/C17H16N2O4/c1-10-16(20)19-15-12(7-5-9-14(15)23-10)18-17(21)11-6-3-4-8-13(11)22-2/h3-10H,1-2H3,(H,18,21)(H,19,20). The molecule has 0 spiro atoms. The van der Waals surface area contributed by atoms with Crippen LogP contribution in [0.15, 0.2) is 42.5 Å². The molecule has 1 unspecified atom stereocenters. The van der Waals surface area contributed by atoms with Crippen LogP contribution in [0.25, 0.3) is 0 Å². The van der Waals surface area contributed by atoms with E-state index in [-0.39, 0.29) is 11.8 Å². The second kappa shape index (κ2) is 6.00. The quantitative estimate of drug-likeness (QED) is 0.913. The van der Waals surface area contributed by atoms with Gasteiger partial charge in [-0.25, -0.2) is 0 Å². The molecule has 2 aromatic carbocycles. The molecule has 118 valence electrons. The van der Waals surface area contributed by atoms with Crippen molar-refractivity contribution in [3.8, 4) is 11.5 Å². The molecule has 6 heteroatoms. The molecule has 0 saturated heterocycles. The van der Waals surface area contributed by atoms with Crippen LogP contribution in [0.2, 0.25) is 0 Å². The maximum Gasteiger partial charge on any atom is 0.265 e. The molecule has 1 atom stereocenters. The Morgan fingerprint density at radius 3 is 2.78 bits per heavy atom. The fraction of sp³-hybridized carbons (Fsp3) is 0.176. The Morgan fingerprint density at radius 1 is 1.22 bits per heavy atom. The van der Waals surface area contributed by atoms with Gasteiger partial charge in [0.2, 0.25) is 0 Å². The van der Waals surface area contributed by atoms with Crippen molar-refractivity contribution in [2.24, 2.45) is 0 Å². The summed E-state index contributed by atoms with van der Waals surface area (Å²) >= 11 is 0. The summed E-state index contributed by atoms with van der Waals surface area (Å²) in [6.45, 7) is 1.67. The molecule has 1 aliphatic heterocycles. The van der Waals surface area contributed by atoms with Gasteiger partial charge in [-0.3, -0.25) is 9.59 Å². The molecule has 1 aliphatic rings. The van der Waals surface area contributed by atoms with E-state index in [1.807, 2.05) is 0 Å². The van der Waals surface area contributed by atoms with E-state index < -0.39 is 6.10 Å². The largest absolute Gasteiger partial charge is 0.496 e. The van der Waals surface area contributed by atoms with Crippen LogP contribution in [0.5, 0.6) is 11.5 Å². The fourth-order valence-electron chi connectivity index (χ4n) is 2.35. The molecule has 0 saturated carbocycles. The van der Waals surface area contributed by atoms with Gasteiger partial charge >= 0.3 is 0 Å². The fourth-order valence-corrected chi connectivity index (χ4v) is 2.35. The summed E-state index contributed by atoms with van der Waals surface area (Å²) in [4.78, 5) is 24.3. The first kappa shape index (κ1) is 14.9. The van der Waals surface area contributed by atoms with E-state index in [2.05, 4.69) is 10.6 Å². The molecule has 2 N–H and O–H groups in total. The van der Waals surface area contributed by atoms with Crippen LogP contribution in [-0.4, -0.2) is 25.0 Å². The minimum Gasteiger partial charge on any atom is -0.496 e. The van der Waals surface area contributed by atoms with Crippen molar-refractivity contribution >= 4 is 23.2 Å². The van der Waals surface area contributed by atoms with E-state index >= 15 is 0 Å². The molecule has 23 heavy (non-hydrogen) atoms. The summed E-state index contributed by atoms with van der Waals surface area (Å²) in [6, 6.07) is 12.1. The van der Waals surface area contributed by atoms with E-state index in [0.717, 1.165) is 0 Å². The third kappa shape index (κ3) is 2.83. The molecule has 2 amide bonds. The Labute approximate surface area is 133 Å². The van der Waals surface area contributed by atoms with Crippen LogP contribution in [0, 0.1) is 0 Å². The molecule has 2 aromatic rings. The molecule has 0 aromatic heterocycles. The highest BCUT2D eigenvalue weighted by Gasteiger charge is 2.26. The van der Waals surface area contributed by atoms with Gasteiger partial charge in [0, 0.05) is 0 Å². The number of anilines is 2. The average molecular weight is 312 g/mol. The van der Waals surface area contributed by atoms with Gasteiger partial charge in [0.25, 0.3) is 11.8 Å². The van der Waals surface area contributed by atoms with Crippen molar-refractivity contribution in [1.29, 1.82) is 0 Å². The van der Waals surface area contributed by atoms with E-state index in [1.165, 1.54) is 7.11 Å². The Bertz CT molecular complexity index is 773. The summed E-state index contributed by atoms with van der Waals surface area (Å²) in [7, 11) is 1.51. The van der Waals surface area contributed by atoms with Gasteiger partial charge in [-0.05, 0) is 31.2 Å². The smallest absolute Gasteiger partial charge is 0.265 e. The van der Waals surface area contributed by atoms with E-state index in [0.29, 0.717) is 28.4 Å². The lowest BCUT2D eigenvalue weighted by atomic mass is 10.1. The third-order valence-corrected chi connectivity index (χ3v) is 3.55. The molecule has 1 heterocycles. The maximum atomic E-state index is 12.5. The van der Waals surface area contributed by atoms with Crippen molar-refractivity contribution in [3.63, 3.8) is 0 Å². The first-order valence-electron chi connectivity index (χ1n) is 7.15.